The molecule has 3 rings (SSSR count). The number of aliphatic hydroxyl groups is 1. The summed E-state index contributed by atoms with van der Waals surface area (Å²) >= 11 is 0. The molecule has 1 aliphatic rings. The molecule has 1 heterocycles. The molecular weight excluding hydrogens is 395 g/mol. The van der Waals surface area contributed by atoms with Crippen LogP contribution in [0.15, 0.2) is 53.6 Å². The van der Waals surface area contributed by atoms with E-state index in [9.17, 15) is 33.2 Å². The predicted molar refractivity (Wildman–Crippen MR) is 94.4 cm³/mol. The van der Waals surface area contributed by atoms with Gasteiger partial charge in [-0.25, -0.2) is 0 Å². The summed E-state index contributed by atoms with van der Waals surface area (Å²) in [6.45, 7) is 0. The second kappa shape index (κ2) is 7.17. The maximum Gasteiger partial charge on any atom is 0.438 e. The topological polar surface area (TPSA) is 105 Å². The smallest absolute Gasteiger partial charge is 0.438 e. The molecule has 0 saturated carbocycles. The number of hydrogen-bond donors (Lipinski definition) is 1. The first kappa shape index (κ1) is 20.3. The van der Waals surface area contributed by atoms with Crippen molar-refractivity contribution in [3.05, 3.63) is 69.8 Å². The second-order valence-corrected chi connectivity index (χ2v) is 6.19. The van der Waals surface area contributed by atoms with Crippen molar-refractivity contribution in [2.75, 3.05) is 7.11 Å². The van der Waals surface area contributed by atoms with Crippen LogP contribution in [0.3, 0.4) is 0 Å². The quantitative estimate of drug-likeness (QED) is 0.617. The number of carbonyl (C=O) groups excluding carboxylic acids is 1. The minimum absolute atomic E-state index is 0.00838. The Kier molecular flexibility index (Phi) is 5.01. The standard InChI is InChI=1S/C18H14F3N3O5/c1-29-14-8-4-12(5-9-14)16(25)23-17(26,18(19,20)21)10-15(22-23)11-2-6-13(7-3-11)24(27)28/h2-9,26H,10H2,1H3/t17-/m0/s1. The molecule has 2 aromatic rings. The summed E-state index contributed by atoms with van der Waals surface area (Å²) in [5.41, 5.74) is -4.07. The van der Waals surface area contributed by atoms with Crippen LogP contribution in [0.2, 0.25) is 0 Å². The van der Waals surface area contributed by atoms with E-state index in [-0.39, 0.29) is 27.5 Å². The highest BCUT2D eigenvalue weighted by atomic mass is 19.4. The second-order valence-electron chi connectivity index (χ2n) is 6.19. The summed E-state index contributed by atoms with van der Waals surface area (Å²) in [6.07, 6.45) is -6.21. The van der Waals surface area contributed by atoms with E-state index < -0.39 is 29.2 Å². The molecule has 0 unspecified atom stereocenters. The number of halogens is 3. The minimum atomic E-state index is -5.19. The Hall–Kier alpha value is -3.47. The van der Waals surface area contributed by atoms with Gasteiger partial charge in [-0.1, -0.05) is 0 Å². The summed E-state index contributed by atoms with van der Waals surface area (Å²) in [4.78, 5) is 22.7. The van der Waals surface area contributed by atoms with Gasteiger partial charge in [-0.3, -0.25) is 14.9 Å². The van der Waals surface area contributed by atoms with E-state index in [2.05, 4.69) is 5.10 Å². The Labute approximate surface area is 162 Å². The number of rotatable bonds is 4. The minimum Gasteiger partial charge on any atom is -0.497 e. The van der Waals surface area contributed by atoms with E-state index in [0.717, 1.165) is 12.1 Å². The SMILES string of the molecule is COc1ccc(C(=O)N2N=C(c3ccc([N+](=O)[O-])cc3)C[C@]2(O)C(F)(F)F)cc1. The Bertz CT molecular complexity index is 974. The lowest BCUT2D eigenvalue weighted by Gasteiger charge is -2.32. The number of nitro groups is 1. The van der Waals surface area contributed by atoms with Crippen LogP contribution in [0.25, 0.3) is 0 Å². The van der Waals surface area contributed by atoms with Gasteiger partial charge in [0.15, 0.2) is 0 Å². The molecule has 152 valence electrons. The van der Waals surface area contributed by atoms with Gasteiger partial charge in [-0.05, 0) is 42.0 Å². The first-order chi connectivity index (χ1) is 13.6. The molecular formula is C18H14F3N3O5. The van der Waals surface area contributed by atoms with Gasteiger partial charge in [0.05, 0.1) is 24.2 Å². The van der Waals surface area contributed by atoms with Gasteiger partial charge in [-0.15, -0.1) is 0 Å². The van der Waals surface area contributed by atoms with E-state index in [0.29, 0.717) is 5.75 Å². The van der Waals surface area contributed by atoms with Crippen LogP contribution in [0.5, 0.6) is 5.75 Å². The van der Waals surface area contributed by atoms with Crippen molar-refractivity contribution in [1.29, 1.82) is 0 Å². The molecule has 29 heavy (non-hydrogen) atoms. The fourth-order valence-electron chi connectivity index (χ4n) is 2.77. The molecule has 0 radical (unpaired) electrons. The Balaban J connectivity index is 2.00. The van der Waals surface area contributed by atoms with Gasteiger partial charge < -0.3 is 9.84 Å². The number of benzene rings is 2. The molecule has 0 aromatic heterocycles. The van der Waals surface area contributed by atoms with Crippen LogP contribution in [-0.4, -0.2) is 45.7 Å². The molecule has 11 heteroatoms. The number of amides is 1. The zero-order valence-electron chi connectivity index (χ0n) is 14.9. The van der Waals surface area contributed by atoms with Crippen LogP contribution in [-0.2, 0) is 0 Å². The maximum atomic E-state index is 13.6. The number of methoxy groups -OCH3 is 1. The van der Waals surface area contributed by atoms with Crippen LogP contribution in [0, 0.1) is 10.1 Å². The average molecular weight is 409 g/mol. The molecule has 0 spiro atoms. The molecule has 2 aromatic carbocycles. The summed E-state index contributed by atoms with van der Waals surface area (Å²) in [5, 5.41) is 24.8. The maximum absolute atomic E-state index is 13.6. The van der Waals surface area contributed by atoms with Crippen molar-refractivity contribution in [2.24, 2.45) is 5.10 Å². The van der Waals surface area contributed by atoms with E-state index in [4.69, 9.17) is 4.74 Å². The zero-order valence-corrected chi connectivity index (χ0v) is 14.9. The van der Waals surface area contributed by atoms with Gasteiger partial charge in [0.2, 0.25) is 0 Å². The Morgan fingerprint density at radius 3 is 2.28 bits per heavy atom. The van der Waals surface area contributed by atoms with Crippen molar-refractivity contribution in [3.63, 3.8) is 0 Å². The Morgan fingerprint density at radius 1 is 1.21 bits per heavy atom. The third kappa shape index (κ3) is 3.63. The molecule has 8 nitrogen and oxygen atoms in total. The number of hydrazone groups is 1. The van der Waals surface area contributed by atoms with Crippen molar-refractivity contribution in [1.82, 2.24) is 5.01 Å². The van der Waals surface area contributed by atoms with Gasteiger partial charge in [0.1, 0.15) is 5.75 Å². The molecule has 0 bridgehead atoms. The predicted octanol–water partition coefficient (Wildman–Crippen LogP) is 3.10. The highest BCUT2D eigenvalue weighted by Gasteiger charge is 2.63. The monoisotopic (exact) mass is 409 g/mol. The lowest BCUT2D eigenvalue weighted by molar-refractivity contribution is -0.384. The van der Waals surface area contributed by atoms with Crippen LogP contribution < -0.4 is 4.74 Å². The summed E-state index contributed by atoms with van der Waals surface area (Å²) in [5.74, 6) is -0.770. The number of hydrogen-bond acceptors (Lipinski definition) is 6. The third-order valence-corrected chi connectivity index (χ3v) is 4.38. The number of ether oxygens (including phenoxy) is 1. The van der Waals surface area contributed by atoms with Crippen molar-refractivity contribution >= 4 is 17.3 Å². The molecule has 1 N–H and O–H groups in total. The van der Waals surface area contributed by atoms with E-state index >= 15 is 0 Å². The lowest BCUT2D eigenvalue weighted by Crippen LogP contribution is -2.56. The van der Waals surface area contributed by atoms with Gasteiger partial charge in [0.25, 0.3) is 17.3 Å². The molecule has 1 atom stereocenters. The molecule has 1 amide bonds. The van der Waals surface area contributed by atoms with Crippen molar-refractivity contribution in [3.8, 4) is 5.75 Å². The van der Waals surface area contributed by atoms with Crippen LogP contribution in [0.1, 0.15) is 22.3 Å². The summed E-state index contributed by atoms with van der Waals surface area (Å²) in [7, 11) is 1.39. The first-order valence-electron chi connectivity index (χ1n) is 8.17. The largest absolute Gasteiger partial charge is 0.497 e. The number of nitro benzene ring substituents is 1. The summed E-state index contributed by atoms with van der Waals surface area (Å²) < 4.78 is 45.8. The number of alkyl halides is 3. The highest BCUT2D eigenvalue weighted by Crippen LogP contribution is 2.42. The fraction of sp³-hybridized carbons (Fsp3) is 0.222. The third-order valence-electron chi connectivity index (χ3n) is 4.38. The number of nitrogens with zero attached hydrogens (tertiary/aromatic N) is 3. The number of non-ortho nitro benzene ring substituents is 1. The molecule has 1 aliphatic heterocycles. The Morgan fingerprint density at radius 2 is 1.79 bits per heavy atom. The van der Waals surface area contributed by atoms with Crippen molar-refractivity contribution in [2.45, 2.75) is 18.3 Å². The molecule has 0 saturated heterocycles. The molecule has 0 aliphatic carbocycles. The lowest BCUT2D eigenvalue weighted by atomic mass is 10.0. The van der Waals surface area contributed by atoms with Crippen LogP contribution >= 0.6 is 0 Å². The van der Waals surface area contributed by atoms with Crippen molar-refractivity contribution < 1.29 is 32.7 Å². The zero-order chi connectivity index (χ0) is 21.4. The summed E-state index contributed by atoms with van der Waals surface area (Å²) in [6, 6.07) is 9.86. The average Bonchev–Trinajstić information content (AvgIpc) is 3.06. The van der Waals surface area contributed by atoms with Gasteiger partial charge in [0, 0.05) is 17.7 Å². The number of carbonyl (C=O) groups is 1. The normalized spacial score (nSPS) is 19.1. The van der Waals surface area contributed by atoms with E-state index in [1.807, 2.05) is 0 Å². The van der Waals surface area contributed by atoms with Gasteiger partial charge in [-0.2, -0.15) is 23.3 Å². The van der Waals surface area contributed by atoms with Gasteiger partial charge >= 0.3 is 6.18 Å². The van der Waals surface area contributed by atoms with Crippen LogP contribution in [0.4, 0.5) is 18.9 Å². The fourth-order valence-corrected chi connectivity index (χ4v) is 2.77. The first-order valence-corrected chi connectivity index (χ1v) is 8.17. The van der Waals surface area contributed by atoms with E-state index in [1.54, 1.807) is 0 Å². The van der Waals surface area contributed by atoms with E-state index in [1.165, 1.54) is 43.5 Å². The highest BCUT2D eigenvalue weighted by molar-refractivity contribution is 6.05. The molecule has 0 fully saturated rings.